The Kier molecular flexibility index (Phi) is 5.71. The Morgan fingerprint density at radius 2 is 1.83 bits per heavy atom. The number of carbonyl (C=O) groups is 1. The maximum absolute atomic E-state index is 12.2. The van der Waals surface area contributed by atoms with Crippen LogP contribution in [0.5, 0.6) is 5.75 Å². The summed E-state index contributed by atoms with van der Waals surface area (Å²) in [6.45, 7) is -0.0769. The first-order chi connectivity index (χ1) is 11.2. The van der Waals surface area contributed by atoms with Crippen molar-refractivity contribution in [2.24, 2.45) is 5.14 Å². The standard InChI is InChI=1S/C15H13Cl2NO5S/c1-22-13-5-3-2-4-9(13)8-23-15(19)10-6-14(24(18,20)21)12(17)7-11(10)16/h2-7H,8H2,1H3,(H2,18,20,21). The number of esters is 1. The van der Waals surface area contributed by atoms with Gasteiger partial charge in [-0.1, -0.05) is 41.4 Å². The molecule has 128 valence electrons. The molecule has 0 unspecified atom stereocenters. The second-order valence-corrected chi connectivity index (χ2v) is 7.04. The van der Waals surface area contributed by atoms with Gasteiger partial charge in [0.2, 0.25) is 10.0 Å². The Hall–Kier alpha value is -1.80. The van der Waals surface area contributed by atoms with Gasteiger partial charge in [-0.25, -0.2) is 18.4 Å². The zero-order chi connectivity index (χ0) is 17.9. The van der Waals surface area contributed by atoms with Crippen LogP contribution in [0.1, 0.15) is 15.9 Å². The van der Waals surface area contributed by atoms with E-state index in [0.29, 0.717) is 11.3 Å². The van der Waals surface area contributed by atoms with Crippen LogP contribution < -0.4 is 9.88 Å². The zero-order valence-electron chi connectivity index (χ0n) is 12.5. The van der Waals surface area contributed by atoms with E-state index in [4.69, 9.17) is 37.8 Å². The number of nitrogens with two attached hydrogens (primary N) is 1. The molecule has 0 radical (unpaired) electrons. The number of methoxy groups -OCH3 is 1. The molecule has 2 N–H and O–H groups in total. The van der Waals surface area contributed by atoms with E-state index in [1.165, 1.54) is 7.11 Å². The van der Waals surface area contributed by atoms with Gasteiger partial charge in [-0.3, -0.25) is 0 Å². The van der Waals surface area contributed by atoms with Crippen molar-refractivity contribution in [1.29, 1.82) is 0 Å². The molecule has 2 aromatic rings. The smallest absolute Gasteiger partial charge is 0.340 e. The number of para-hydroxylation sites is 1. The fourth-order valence-corrected chi connectivity index (χ4v) is 3.34. The van der Waals surface area contributed by atoms with E-state index >= 15 is 0 Å². The van der Waals surface area contributed by atoms with Crippen LogP contribution in [0.25, 0.3) is 0 Å². The highest BCUT2D eigenvalue weighted by Crippen LogP contribution is 2.29. The molecular weight excluding hydrogens is 377 g/mol. The summed E-state index contributed by atoms with van der Waals surface area (Å²) in [7, 11) is -2.61. The Balaban J connectivity index is 2.27. The van der Waals surface area contributed by atoms with Crippen molar-refractivity contribution in [3.05, 3.63) is 57.6 Å². The van der Waals surface area contributed by atoms with Gasteiger partial charge in [0.25, 0.3) is 0 Å². The van der Waals surface area contributed by atoms with Gasteiger partial charge in [0.05, 0.1) is 22.7 Å². The van der Waals surface area contributed by atoms with Gasteiger partial charge in [-0.15, -0.1) is 0 Å². The van der Waals surface area contributed by atoms with Gasteiger partial charge < -0.3 is 9.47 Å². The van der Waals surface area contributed by atoms with Crippen LogP contribution in [0.4, 0.5) is 0 Å². The third kappa shape index (κ3) is 4.18. The average Bonchev–Trinajstić information content (AvgIpc) is 2.51. The molecule has 0 atom stereocenters. The molecule has 0 spiro atoms. The first kappa shape index (κ1) is 18.5. The molecular formula is C15H13Cl2NO5S. The van der Waals surface area contributed by atoms with Gasteiger partial charge in [0.1, 0.15) is 17.3 Å². The topological polar surface area (TPSA) is 95.7 Å². The molecule has 0 aliphatic heterocycles. The summed E-state index contributed by atoms with van der Waals surface area (Å²) in [6.07, 6.45) is 0. The van der Waals surface area contributed by atoms with E-state index in [1.54, 1.807) is 24.3 Å². The van der Waals surface area contributed by atoms with Crippen LogP contribution in [0, 0.1) is 0 Å². The quantitative estimate of drug-likeness (QED) is 0.792. The van der Waals surface area contributed by atoms with E-state index in [0.717, 1.165) is 12.1 Å². The van der Waals surface area contributed by atoms with E-state index in [2.05, 4.69) is 0 Å². The lowest BCUT2D eigenvalue weighted by Gasteiger charge is -2.11. The minimum absolute atomic E-state index is 0.0440. The fraction of sp³-hybridized carbons (Fsp3) is 0.133. The number of benzene rings is 2. The van der Waals surface area contributed by atoms with E-state index < -0.39 is 20.9 Å². The highest BCUT2D eigenvalue weighted by atomic mass is 35.5. The number of ether oxygens (including phenoxy) is 2. The second-order valence-electron chi connectivity index (χ2n) is 4.70. The molecule has 0 bridgehead atoms. The number of hydrogen-bond donors (Lipinski definition) is 1. The van der Waals surface area contributed by atoms with Crippen molar-refractivity contribution in [2.45, 2.75) is 11.5 Å². The summed E-state index contributed by atoms with van der Waals surface area (Å²) in [5, 5.41) is 4.83. The zero-order valence-corrected chi connectivity index (χ0v) is 14.8. The summed E-state index contributed by atoms with van der Waals surface area (Å²) in [6, 6.07) is 9.11. The lowest BCUT2D eigenvalue weighted by atomic mass is 10.2. The highest BCUT2D eigenvalue weighted by Gasteiger charge is 2.21. The number of rotatable bonds is 5. The molecule has 0 amide bonds. The Labute approximate surface area is 149 Å². The van der Waals surface area contributed by atoms with Gasteiger partial charge >= 0.3 is 5.97 Å². The van der Waals surface area contributed by atoms with Crippen molar-refractivity contribution in [3.8, 4) is 5.75 Å². The molecule has 9 heteroatoms. The van der Waals surface area contributed by atoms with Crippen LogP contribution in [0.3, 0.4) is 0 Å². The second kappa shape index (κ2) is 7.40. The van der Waals surface area contributed by atoms with Crippen LogP contribution in [-0.2, 0) is 21.4 Å². The first-order valence-corrected chi connectivity index (χ1v) is 8.85. The van der Waals surface area contributed by atoms with Crippen LogP contribution in [0.15, 0.2) is 41.3 Å². The molecule has 24 heavy (non-hydrogen) atoms. The largest absolute Gasteiger partial charge is 0.496 e. The first-order valence-electron chi connectivity index (χ1n) is 6.55. The van der Waals surface area contributed by atoms with Crippen molar-refractivity contribution >= 4 is 39.2 Å². The third-order valence-electron chi connectivity index (χ3n) is 3.10. The van der Waals surface area contributed by atoms with Gasteiger partial charge in [-0.2, -0.15) is 0 Å². The molecule has 0 aliphatic carbocycles. The molecule has 6 nitrogen and oxygen atoms in total. The van der Waals surface area contributed by atoms with Gasteiger partial charge in [-0.05, 0) is 18.2 Å². The molecule has 0 saturated carbocycles. The minimum atomic E-state index is -4.10. The summed E-state index contributed by atoms with van der Waals surface area (Å²) in [4.78, 5) is 11.8. The van der Waals surface area contributed by atoms with Gasteiger partial charge in [0.15, 0.2) is 0 Å². The van der Waals surface area contributed by atoms with E-state index in [1.807, 2.05) is 0 Å². The number of primary sulfonamides is 1. The Morgan fingerprint density at radius 1 is 1.17 bits per heavy atom. The molecule has 0 heterocycles. The number of carbonyl (C=O) groups excluding carboxylic acids is 1. The minimum Gasteiger partial charge on any atom is -0.496 e. The number of sulfonamides is 1. The third-order valence-corrected chi connectivity index (χ3v) is 4.79. The average molecular weight is 390 g/mol. The summed E-state index contributed by atoms with van der Waals surface area (Å²) < 4.78 is 33.3. The van der Waals surface area contributed by atoms with E-state index in [9.17, 15) is 13.2 Å². The Morgan fingerprint density at radius 3 is 2.46 bits per heavy atom. The van der Waals surface area contributed by atoms with Crippen molar-refractivity contribution < 1.29 is 22.7 Å². The lowest BCUT2D eigenvalue weighted by molar-refractivity contribution is 0.0470. The highest BCUT2D eigenvalue weighted by molar-refractivity contribution is 7.89. The Bertz CT molecular complexity index is 883. The maximum atomic E-state index is 12.2. The maximum Gasteiger partial charge on any atom is 0.340 e. The van der Waals surface area contributed by atoms with Crippen LogP contribution in [0.2, 0.25) is 10.0 Å². The molecule has 0 aliphatic rings. The summed E-state index contributed by atoms with van der Waals surface area (Å²) in [5.74, 6) is -0.259. The normalized spacial score (nSPS) is 11.2. The lowest BCUT2D eigenvalue weighted by Crippen LogP contribution is -2.15. The molecule has 2 aromatic carbocycles. The van der Waals surface area contributed by atoms with E-state index in [-0.39, 0.29) is 22.2 Å². The fourth-order valence-electron chi connectivity index (χ4n) is 1.95. The van der Waals surface area contributed by atoms with Gasteiger partial charge in [0, 0.05) is 5.56 Å². The van der Waals surface area contributed by atoms with Crippen molar-refractivity contribution in [2.75, 3.05) is 7.11 Å². The monoisotopic (exact) mass is 389 g/mol. The molecule has 0 fully saturated rings. The molecule has 0 aromatic heterocycles. The summed E-state index contributed by atoms with van der Waals surface area (Å²) >= 11 is 11.7. The predicted octanol–water partition coefficient (Wildman–Crippen LogP) is 3.01. The number of halogens is 2. The molecule has 0 saturated heterocycles. The van der Waals surface area contributed by atoms with Crippen molar-refractivity contribution in [1.82, 2.24) is 0 Å². The predicted molar refractivity (Wildman–Crippen MR) is 89.9 cm³/mol. The number of hydrogen-bond acceptors (Lipinski definition) is 5. The van der Waals surface area contributed by atoms with Crippen LogP contribution >= 0.6 is 23.2 Å². The summed E-state index contributed by atoms with van der Waals surface area (Å²) in [5.41, 5.74) is 0.491. The molecule has 2 rings (SSSR count). The van der Waals surface area contributed by atoms with Crippen molar-refractivity contribution in [3.63, 3.8) is 0 Å². The van der Waals surface area contributed by atoms with Crippen LogP contribution in [-0.4, -0.2) is 21.5 Å². The SMILES string of the molecule is COc1ccccc1COC(=O)c1cc(S(N)(=O)=O)c(Cl)cc1Cl.